The largest absolute Gasteiger partial charge is 0.497 e. The molecule has 1 fully saturated rings. The van der Waals surface area contributed by atoms with Crippen LogP contribution in [0.25, 0.3) is 11.0 Å². The van der Waals surface area contributed by atoms with Gasteiger partial charge < -0.3 is 19.2 Å². The molecule has 1 saturated carbocycles. The Balaban J connectivity index is 1.49. The Morgan fingerprint density at radius 1 is 1.24 bits per heavy atom. The van der Waals surface area contributed by atoms with E-state index in [1.165, 1.54) is 12.7 Å². The van der Waals surface area contributed by atoms with Gasteiger partial charge in [0.2, 0.25) is 0 Å². The Morgan fingerprint density at radius 2 is 2.04 bits per heavy atom. The number of carbonyl (C=O) groups excluding carboxylic acids is 2. The predicted octanol–water partition coefficient (Wildman–Crippen LogP) is 2.98. The molecule has 25 heavy (non-hydrogen) atoms. The van der Waals surface area contributed by atoms with Gasteiger partial charge in [0.25, 0.3) is 5.91 Å². The van der Waals surface area contributed by atoms with E-state index in [9.17, 15) is 9.59 Å². The van der Waals surface area contributed by atoms with Crippen LogP contribution in [0.15, 0.2) is 28.9 Å². The van der Waals surface area contributed by atoms with Crippen LogP contribution >= 0.6 is 0 Å². The lowest BCUT2D eigenvalue weighted by molar-refractivity contribution is -0.148. The third kappa shape index (κ3) is 4.53. The number of benzene rings is 1. The van der Waals surface area contributed by atoms with Gasteiger partial charge in [-0.2, -0.15) is 0 Å². The number of ether oxygens (including phenoxy) is 2. The monoisotopic (exact) mass is 345 g/mol. The Hall–Kier alpha value is -2.50. The molecular formula is C19H23NO5. The lowest BCUT2D eigenvalue weighted by Gasteiger charge is -2.22. The summed E-state index contributed by atoms with van der Waals surface area (Å²) in [5.74, 6) is 0.00899. The van der Waals surface area contributed by atoms with E-state index >= 15 is 0 Å². The van der Waals surface area contributed by atoms with Gasteiger partial charge in [-0.25, -0.2) is 0 Å². The zero-order chi connectivity index (χ0) is 17.6. The van der Waals surface area contributed by atoms with Gasteiger partial charge >= 0.3 is 5.97 Å². The molecule has 1 aromatic heterocycles. The highest BCUT2D eigenvalue weighted by Crippen LogP contribution is 2.26. The van der Waals surface area contributed by atoms with Gasteiger partial charge in [0.1, 0.15) is 11.3 Å². The fourth-order valence-electron chi connectivity index (χ4n) is 3.20. The van der Waals surface area contributed by atoms with Crippen LogP contribution in [0.2, 0.25) is 0 Å². The molecule has 0 bridgehead atoms. The fourth-order valence-corrected chi connectivity index (χ4v) is 3.20. The molecule has 0 radical (unpaired) electrons. The quantitative estimate of drug-likeness (QED) is 0.815. The van der Waals surface area contributed by atoms with Gasteiger partial charge in [-0.05, 0) is 25.0 Å². The molecule has 1 aromatic carbocycles. The summed E-state index contributed by atoms with van der Waals surface area (Å²) in [4.78, 5) is 23.9. The predicted molar refractivity (Wildman–Crippen MR) is 92.4 cm³/mol. The Labute approximate surface area is 146 Å². The maximum absolute atomic E-state index is 12.0. The lowest BCUT2D eigenvalue weighted by Crippen LogP contribution is -2.38. The van der Waals surface area contributed by atoms with E-state index in [1.807, 2.05) is 12.1 Å². The molecule has 2 aromatic rings. The van der Waals surface area contributed by atoms with Gasteiger partial charge in [-0.1, -0.05) is 19.3 Å². The van der Waals surface area contributed by atoms with Crippen molar-refractivity contribution in [2.24, 2.45) is 0 Å². The molecule has 1 heterocycles. The van der Waals surface area contributed by atoms with Crippen LogP contribution in [-0.4, -0.2) is 31.6 Å². The van der Waals surface area contributed by atoms with E-state index in [4.69, 9.17) is 13.9 Å². The molecule has 1 aliphatic rings. The van der Waals surface area contributed by atoms with Crippen molar-refractivity contribution in [2.75, 3.05) is 13.7 Å². The number of esters is 1. The smallest absolute Gasteiger partial charge is 0.310 e. The van der Waals surface area contributed by atoms with Gasteiger partial charge in [0.05, 0.1) is 19.8 Å². The highest BCUT2D eigenvalue weighted by atomic mass is 16.5. The van der Waals surface area contributed by atoms with Crippen molar-refractivity contribution in [3.8, 4) is 5.75 Å². The van der Waals surface area contributed by atoms with Gasteiger partial charge in [-0.15, -0.1) is 0 Å². The first-order valence-electron chi connectivity index (χ1n) is 8.65. The Bertz CT molecular complexity index is 745. The standard InChI is InChI=1S/C19H23NO5/c1-23-15-7-8-16-13(11-24-17(16)10-15)9-19(22)25-12-18(21)20-14-5-3-2-4-6-14/h7-8,10-11,14H,2-6,9,12H2,1H3,(H,20,21). The molecule has 0 aliphatic heterocycles. The van der Waals surface area contributed by atoms with Gasteiger partial charge in [0.15, 0.2) is 6.61 Å². The third-order valence-corrected chi connectivity index (χ3v) is 4.53. The first-order valence-corrected chi connectivity index (χ1v) is 8.65. The molecule has 3 rings (SSSR count). The van der Waals surface area contributed by atoms with Crippen LogP contribution in [0.3, 0.4) is 0 Å². The molecule has 1 amide bonds. The summed E-state index contributed by atoms with van der Waals surface area (Å²) >= 11 is 0. The minimum atomic E-state index is -0.447. The summed E-state index contributed by atoms with van der Waals surface area (Å²) in [5, 5.41) is 3.76. The molecule has 0 atom stereocenters. The number of fused-ring (bicyclic) bond motifs is 1. The van der Waals surface area contributed by atoms with E-state index in [2.05, 4.69) is 5.32 Å². The maximum Gasteiger partial charge on any atom is 0.310 e. The van der Waals surface area contributed by atoms with Crippen LogP contribution in [0, 0.1) is 0 Å². The zero-order valence-corrected chi connectivity index (χ0v) is 14.4. The number of amides is 1. The van der Waals surface area contributed by atoms with Crippen molar-refractivity contribution in [2.45, 2.75) is 44.6 Å². The fraction of sp³-hybridized carbons (Fsp3) is 0.474. The minimum Gasteiger partial charge on any atom is -0.497 e. The second-order valence-electron chi connectivity index (χ2n) is 6.36. The van der Waals surface area contributed by atoms with Gasteiger partial charge in [0, 0.05) is 23.1 Å². The highest BCUT2D eigenvalue weighted by molar-refractivity contribution is 5.87. The minimum absolute atomic E-state index is 0.0655. The summed E-state index contributed by atoms with van der Waals surface area (Å²) < 4.78 is 15.7. The Kier molecular flexibility index (Phi) is 5.58. The van der Waals surface area contributed by atoms with Crippen molar-refractivity contribution in [3.63, 3.8) is 0 Å². The van der Waals surface area contributed by atoms with Crippen LogP contribution in [0.4, 0.5) is 0 Å². The second kappa shape index (κ2) is 8.05. The molecule has 0 unspecified atom stereocenters. The number of rotatable bonds is 6. The van der Waals surface area contributed by atoms with E-state index in [-0.39, 0.29) is 25.0 Å². The maximum atomic E-state index is 12.0. The van der Waals surface area contributed by atoms with Crippen molar-refractivity contribution in [1.29, 1.82) is 0 Å². The molecular weight excluding hydrogens is 322 g/mol. The van der Waals surface area contributed by atoms with E-state index in [1.54, 1.807) is 13.2 Å². The third-order valence-electron chi connectivity index (χ3n) is 4.53. The number of nitrogens with one attached hydrogen (secondary N) is 1. The van der Waals surface area contributed by atoms with E-state index in [0.29, 0.717) is 11.3 Å². The van der Waals surface area contributed by atoms with Crippen LogP contribution in [-0.2, 0) is 20.7 Å². The van der Waals surface area contributed by atoms with Crippen LogP contribution < -0.4 is 10.1 Å². The van der Waals surface area contributed by atoms with Crippen molar-refractivity contribution < 1.29 is 23.5 Å². The number of hydrogen-bond acceptors (Lipinski definition) is 5. The summed E-state index contributed by atoms with van der Waals surface area (Å²) in [7, 11) is 1.58. The molecule has 1 aliphatic carbocycles. The molecule has 0 saturated heterocycles. The number of carbonyl (C=O) groups is 2. The molecule has 1 N–H and O–H groups in total. The topological polar surface area (TPSA) is 77.8 Å². The second-order valence-corrected chi connectivity index (χ2v) is 6.36. The first-order chi connectivity index (χ1) is 12.2. The van der Waals surface area contributed by atoms with Crippen molar-refractivity contribution >= 4 is 22.8 Å². The average molecular weight is 345 g/mol. The normalized spacial score (nSPS) is 15.1. The highest BCUT2D eigenvalue weighted by Gasteiger charge is 2.17. The molecule has 6 heteroatoms. The molecule has 6 nitrogen and oxygen atoms in total. The SMILES string of the molecule is COc1ccc2c(CC(=O)OCC(=O)NC3CCCCC3)coc2c1. The average Bonchev–Trinajstić information content (AvgIpc) is 3.03. The van der Waals surface area contributed by atoms with Crippen molar-refractivity contribution in [1.82, 2.24) is 5.32 Å². The van der Waals surface area contributed by atoms with Crippen LogP contribution in [0.1, 0.15) is 37.7 Å². The van der Waals surface area contributed by atoms with Crippen LogP contribution in [0.5, 0.6) is 5.75 Å². The number of methoxy groups -OCH3 is 1. The first kappa shape index (κ1) is 17.3. The summed E-state index contributed by atoms with van der Waals surface area (Å²) in [6.07, 6.45) is 7.12. The molecule has 0 spiro atoms. The summed E-state index contributed by atoms with van der Waals surface area (Å²) in [6, 6.07) is 5.63. The van der Waals surface area contributed by atoms with E-state index < -0.39 is 5.97 Å². The van der Waals surface area contributed by atoms with Gasteiger partial charge in [-0.3, -0.25) is 9.59 Å². The molecule has 134 valence electrons. The Morgan fingerprint density at radius 3 is 2.80 bits per heavy atom. The van der Waals surface area contributed by atoms with Crippen molar-refractivity contribution in [3.05, 3.63) is 30.0 Å². The zero-order valence-electron chi connectivity index (χ0n) is 14.4. The summed E-state index contributed by atoms with van der Waals surface area (Å²) in [6.45, 7) is -0.237. The number of hydrogen-bond donors (Lipinski definition) is 1. The lowest BCUT2D eigenvalue weighted by atomic mass is 9.95. The number of furan rings is 1. The summed E-state index contributed by atoms with van der Waals surface area (Å²) in [5.41, 5.74) is 1.38. The van der Waals surface area contributed by atoms with E-state index in [0.717, 1.165) is 36.6 Å².